The molecular formula is C33H34O23. The molecule has 0 bridgehead atoms. The van der Waals surface area contributed by atoms with Crippen LogP contribution in [0.1, 0.15) is 31.1 Å². The van der Waals surface area contributed by atoms with Crippen LogP contribution < -0.4 is 4.74 Å². The van der Waals surface area contributed by atoms with Crippen LogP contribution >= 0.6 is 0 Å². The van der Waals surface area contributed by atoms with Gasteiger partial charge in [-0.3, -0.25) is 0 Å². The first-order valence-corrected chi connectivity index (χ1v) is 16.0. The van der Waals surface area contributed by atoms with Crippen molar-refractivity contribution in [3.63, 3.8) is 0 Å². The predicted octanol–water partition coefficient (Wildman–Crippen LogP) is -2.80. The Morgan fingerprint density at radius 1 is 0.464 bits per heavy atom. The van der Waals surface area contributed by atoms with Gasteiger partial charge < -0.3 is 99.9 Å². The van der Waals surface area contributed by atoms with Gasteiger partial charge in [-0.15, -0.1) is 0 Å². The number of carbonyl (C=O) groups is 3. The highest BCUT2D eigenvalue weighted by molar-refractivity contribution is 5.92. The summed E-state index contributed by atoms with van der Waals surface area (Å²) < 4.78 is 31.1. The second-order valence-corrected chi connectivity index (χ2v) is 12.3. The molecule has 0 spiro atoms. The van der Waals surface area contributed by atoms with E-state index in [1.54, 1.807) is 0 Å². The Balaban J connectivity index is 1.26. The Labute approximate surface area is 311 Å². The first kappa shape index (κ1) is 41.1. The van der Waals surface area contributed by atoms with Crippen LogP contribution in [-0.4, -0.2) is 164 Å². The van der Waals surface area contributed by atoms with Crippen LogP contribution in [-0.2, 0) is 23.7 Å². The number of phenolic OH excluding ortho intramolecular Hbond substituents is 8. The van der Waals surface area contributed by atoms with Crippen molar-refractivity contribution in [2.24, 2.45) is 0 Å². The van der Waals surface area contributed by atoms with E-state index in [0.717, 1.165) is 24.3 Å². The molecule has 23 heteroatoms. The monoisotopic (exact) mass is 798 g/mol. The van der Waals surface area contributed by atoms with Crippen molar-refractivity contribution < 1.29 is 114 Å². The molecule has 10 atom stereocenters. The minimum absolute atomic E-state index is 0.453. The van der Waals surface area contributed by atoms with E-state index in [2.05, 4.69) is 0 Å². The number of carbonyl (C=O) groups excluding carboxylic acids is 3. The molecule has 0 amide bonds. The molecule has 2 aliphatic rings. The predicted molar refractivity (Wildman–Crippen MR) is 173 cm³/mol. The van der Waals surface area contributed by atoms with Gasteiger partial charge in [0.1, 0.15) is 62.0 Å². The average molecular weight is 799 g/mol. The maximum Gasteiger partial charge on any atom is 0.340 e. The minimum atomic E-state index is -2.12. The summed E-state index contributed by atoms with van der Waals surface area (Å²) in [6.07, 6.45) is -19.7. The lowest BCUT2D eigenvalue weighted by atomic mass is 9.99. The Kier molecular flexibility index (Phi) is 12.0. The third-order valence-corrected chi connectivity index (χ3v) is 8.46. The molecule has 2 aliphatic heterocycles. The standard InChI is InChI=1S/C33H34O23/c34-12-1-9(2-13(35)20(12)39)29(48)51-7-18-23(42)25(44)27(46)32(54-18)53-17-6-11(5-16(38)22(17)41)31(50)56-33-28(47)26(45)24(43)19(55-33)8-52-30(49)10-3-14(36)21(40)15(37)4-10/h1-6,18-19,23-28,32-47H,7-8H2/t18-,19+,23-,24+,25+,26-,27-,28+,32-,33-/m1/s1. The summed E-state index contributed by atoms with van der Waals surface area (Å²) in [6, 6.07) is 4.34. The molecule has 3 aromatic rings. The average Bonchev–Trinajstić information content (AvgIpc) is 3.16. The van der Waals surface area contributed by atoms with Gasteiger partial charge in [-0.1, -0.05) is 0 Å². The SMILES string of the molecule is O=C(OC[C@@H]1O[C@H](OC(=O)c2cc(O)c(O)c(O[C@@H]3O[C@H](COC(=O)c4cc(O)c(O)c(O)c4)[C@@H](O)[C@H](O)[C@H]3O)c2)[C@@H](O)[C@H](O)[C@H]1O)c1cc(O)c(O)c(O)c1. The van der Waals surface area contributed by atoms with Crippen molar-refractivity contribution in [2.45, 2.75) is 61.4 Å². The zero-order valence-electron chi connectivity index (χ0n) is 28.1. The summed E-state index contributed by atoms with van der Waals surface area (Å²) in [4.78, 5) is 38.0. The van der Waals surface area contributed by atoms with Gasteiger partial charge in [0.25, 0.3) is 0 Å². The minimum Gasteiger partial charge on any atom is -0.504 e. The van der Waals surface area contributed by atoms with Crippen LogP contribution in [0.15, 0.2) is 36.4 Å². The lowest BCUT2D eigenvalue weighted by Gasteiger charge is -2.40. The molecular weight excluding hydrogens is 764 g/mol. The van der Waals surface area contributed by atoms with Crippen molar-refractivity contribution in [3.8, 4) is 51.7 Å². The maximum absolute atomic E-state index is 13.1. The molecule has 56 heavy (non-hydrogen) atoms. The quantitative estimate of drug-likeness (QED) is 0.0559. The van der Waals surface area contributed by atoms with E-state index < -0.39 is 161 Å². The van der Waals surface area contributed by atoms with Crippen LogP contribution in [0.25, 0.3) is 0 Å². The van der Waals surface area contributed by atoms with E-state index in [0.29, 0.717) is 12.1 Å². The fourth-order valence-corrected chi connectivity index (χ4v) is 5.33. The Morgan fingerprint density at radius 2 is 0.821 bits per heavy atom. The van der Waals surface area contributed by atoms with Gasteiger partial charge in [0.2, 0.25) is 18.3 Å². The number of benzene rings is 3. The van der Waals surface area contributed by atoms with Crippen LogP contribution in [0.4, 0.5) is 0 Å². The van der Waals surface area contributed by atoms with Gasteiger partial charge in [-0.25, -0.2) is 14.4 Å². The van der Waals surface area contributed by atoms with E-state index in [4.69, 9.17) is 28.4 Å². The zero-order valence-corrected chi connectivity index (χ0v) is 28.1. The molecule has 5 rings (SSSR count). The van der Waals surface area contributed by atoms with Crippen LogP contribution in [0.3, 0.4) is 0 Å². The van der Waals surface area contributed by atoms with Gasteiger partial charge >= 0.3 is 17.9 Å². The number of hydrogen-bond donors (Lipinski definition) is 14. The summed E-state index contributed by atoms with van der Waals surface area (Å²) in [5.74, 6) is -12.1. The fraction of sp³-hybridized carbons (Fsp3) is 0.364. The van der Waals surface area contributed by atoms with E-state index >= 15 is 0 Å². The maximum atomic E-state index is 13.1. The summed E-state index contributed by atoms with van der Waals surface area (Å²) in [5, 5.41) is 141. The van der Waals surface area contributed by atoms with Crippen molar-refractivity contribution in [1.29, 1.82) is 0 Å². The molecule has 0 radical (unpaired) electrons. The lowest BCUT2D eigenvalue weighted by Crippen LogP contribution is -2.60. The highest BCUT2D eigenvalue weighted by atomic mass is 16.7. The summed E-state index contributed by atoms with van der Waals surface area (Å²) in [5.41, 5.74) is -1.56. The molecule has 14 N–H and O–H groups in total. The molecule has 2 fully saturated rings. The lowest BCUT2D eigenvalue weighted by molar-refractivity contribution is -0.285. The zero-order chi connectivity index (χ0) is 41.3. The molecule has 2 heterocycles. The number of aliphatic hydroxyl groups excluding tert-OH is 6. The molecule has 3 aromatic carbocycles. The topological polar surface area (TPSA) is 390 Å². The molecule has 0 unspecified atom stereocenters. The smallest absolute Gasteiger partial charge is 0.340 e. The second kappa shape index (κ2) is 16.4. The fourth-order valence-electron chi connectivity index (χ4n) is 5.33. The largest absolute Gasteiger partial charge is 0.504 e. The van der Waals surface area contributed by atoms with Gasteiger partial charge in [0.15, 0.2) is 46.0 Å². The van der Waals surface area contributed by atoms with E-state index in [9.17, 15) is 85.9 Å². The summed E-state index contributed by atoms with van der Waals surface area (Å²) >= 11 is 0. The second-order valence-electron chi connectivity index (χ2n) is 12.3. The molecule has 0 aromatic heterocycles. The third-order valence-electron chi connectivity index (χ3n) is 8.46. The molecule has 2 saturated heterocycles. The molecule has 304 valence electrons. The molecule has 23 nitrogen and oxygen atoms in total. The van der Waals surface area contributed by atoms with Gasteiger partial charge in [-0.2, -0.15) is 0 Å². The first-order chi connectivity index (χ1) is 26.3. The van der Waals surface area contributed by atoms with Crippen molar-refractivity contribution in [2.75, 3.05) is 13.2 Å². The Morgan fingerprint density at radius 3 is 1.25 bits per heavy atom. The van der Waals surface area contributed by atoms with Crippen LogP contribution in [0, 0.1) is 0 Å². The van der Waals surface area contributed by atoms with Gasteiger partial charge in [0.05, 0.1) is 16.7 Å². The van der Waals surface area contributed by atoms with Crippen molar-refractivity contribution in [1.82, 2.24) is 0 Å². The molecule has 0 aliphatic carbocycles. The Hall–Kier alpha value is -6.05. The number of esters is 3. The number of aliphatic hydroxyl groups is 6. The third kappa shape index (κ3) is 8.43. The van der Waals surface area contributed by atoms with Gasteiger partial charge in [-0.05, 0) is 36.4 Å². The Bertz CT molecular complexity index is 1920. The van der Waals surface area contributed by atoms with Crippen molar-refractivity contribution >= 4 is 17.9 Å². The normalized spacial score (nSPS) is 27.5. The van der Waals surface area contributed by atoms with E-state index in [-0.39, 0.29) is 0 Å². The number of rotatable bonds is 10. The van der Waals surface area contributed by atoms with Crippen molar-refractivity contribution in [3.05, 3.63) is 53.1 Å². The first-order valence-electron chi connectivity index (χ1n) is 16.0. The summed E-state index contributed by atoms with van der Waals surface area (Å²) in [7, 11) is 0. The number of hydrogen-bond acceptors (Lipinski definition) is 23. The summed E-state index contributed by atoms with van der Waals surface area (Å²) in [6.45, 7) is -1.73. The highest BCUT2D eigenvalue weighted by Crippen LogP contribution is 2.40. The number of aromatic hydroxyl groups is 8. The molecule has 0 saturated carbocycles. The number of ether oxygens (including phenoxy) is 6. The van der Waals surface area contributed by atoms with Crippen LogP contribution in [0.2, 0.25) is 0 Å². The van der Waals surface area contributed by atoms with E-state index in [1.807, 2.05) is 0 Å². The highest BCUT2D eigenvalue weighted by Gasteiger charge is 2.47. The van der Waals surface area contributed by atoms with Crippen LogP contribution in [0.5, 0.6) is 51.7 Å². The number of phenols is 8. The van der Waals surface area contributed by atoms with Gasteiger partial charge in [0, 0.05) is 0 Å². The van der Waals surface area contributed by atoms with E-state index in [1.165, 1.54) is 0 Å².